The van der Waals surface area contributed by atoms with Gasteiger partial charge in [0.25, 0.3) is 0 Å². The third-order valence-electron chi connectivity index (χ3n) is 6.90. The Kier molecular flexibility index (Phi) is 10.4. The topological polar surface area (TPSA) is 48.1 Å². The van der Waals surface area contributed by atoms with Gasteiger partial charge in [-0.15, -0.1) is 11.8 Å². The Hall–Kier alpha value is -3.31. The standard InChI is InChI=1S/C30H30N2OS.C4H9F/c1-3-6-24(4-2)33-25-12-8-20(9-13-25)30-26-14-11-23(31)18-29(26)34-19-27(30)21-10-15-28-22(17-21)7-5-16-32-28;1-2-3-4-5/h5,7-18,24H,3-4,6,19,31H2,1-2H3;2-4H2,1H3. The van der Waals surface area contributed by atoms with Crippen LogP contribution in [-0.2, 0) is 0 Å². The Labute approximate surface area is 236 Å². The van der Waals surface area contributed by atoms with Crippen LogP contribution in [0.3, 0.4) is 0 Å². The molecule has 0 radical (unpaired) electrons. The van der Waals surface area contributed by atoms with Crippen molar-refractivity contribution in [2.24, 2.45) is 0 Å². The van der Waals surface area contributed by atoms with Gasteiger partial charge in [-0.25, -0.2) is 0 Å². The van der Waals surface area contributed by atoms with Crippen LogP contribution >= 0.6 is 11.8 Å². The number of hydrogen-bond acceptors (Lipinski definition) is 4. The van der Waals surface area contributed by atoms with Gasteiger partial charge in [0.15, 0.2) is 0 Å². The number of alkyl halides is 1. The van der Waals surface area contributed by atoms with Crippen molar-refractivity contribution >= 4 is 39.5 Å². The predicted octanol–water partition coefficient (Wildman–Crippen LogP) is 9.60. The average Bonchev–Trinajstić information content (AvgIpc) is 2.97. The molecule has 0 bridgehead atoms. The minimum atomic E-state index is -0.156. The number of nitrogens with zero attached hydrogens (tertiary/aromatic N) is 1. The zero-order valence-electron chi connectivity index (χ0n) is 23.3. The summed E-state index contributed by atoms with van der Waals surface area (Å²) in [5.74, 6) is 1.83. The SMILES string of the molecule is CCCC(CC)Oc1ccc(C2=C(c3ccc4ncccc4c3)CSc3cc(N)ccc32)cc1.CCCCF. The fourth-order valence-electron chi connectivity index (χ4n) is 4.76. The number of nitrogens with two attached hydrogens (primary N) is 1. The molecule has 0 spiro atoms. The molecule has 0 saturated heterocycles. The molecule has 204 valence electrons. The lowest BCUT2D eigenvalue weighted by Crippen LogP contribution is -2.14. The van der Waals surface area contributed by atoms with Crippen LogP contribution < -0.4 is 10.5 Å². The summed E-state index contributed by atoms with van der Waals surface area (Å²) in [4.78, 5) is 5.73. The van der Waals surface area contributed by atoms with E-state index < -0.39 is 0 Å². The monoisotopic (exact) mass is 542 g/mol. The van der Waals surface area contributed by atoms with Crippen molar-refractivity contribution in [3.05, 3.63) is 95.7 Å². The fourth-order valence-corrected chi connectivity index (χ4v) is 5.92. The van der Waals surface area contributed by atoms with Crippen molar-refractivity contribution in [1.82, 2.24) is 4.98 Å². The van der Waals surface area contributed by atoms with E-state index in [1.165, 1.54) is 32.7 Å². The van der Waals surface area contributed by atoms with E-state index in [-0.39, 0.29) is 12.8 Å². The van der Waals surface area contributed by atoms with Gasteiger partial charge in [0.2, 0.25) is 0 Å². The van der Waals surface area contributed by atoms with Gasteiger partial charge < -0.3 is 10.5 Å². The fraction of sp³-hybridized carbons (Fsp3) is 0.324. The van der Waals surface area contributed by atoms with Crippen molar-refractivity contribution in [2.75, 3.05) is 18.2 Å². The summed E-state index contributed by atoms with van der Waals surface area (Å²) >= 11 is 1.85. The first-order valence-corrected chi connectivity index (χ1v) is 15.0. The largest absolute Gasteiger partial charge is 0.490 e. The Morgan fingerprint density at radius 1 is 0.949 bits per heavy atom. The number of halogens is 1. The molecule has 3 aromatic carbocycles. The number of pyridine rings is 1. The second-order valence-electron chi connectivity index (χ2n) is 9.81. The van der Waals surface area contributed by atoms with E-state index in [2.05, 4.69) is 79.5 Å². The highest BCUT2D eigenvalue weighted by molar-refractivity contribution is 7.99. The molecule has 0 fully saturated rings. The van der Waals surface area contributed by atoms with Gasteiger partial charge in [0.05, 0.1) is 18.3 Å². The molecule has 39 heavy (non-hydrogen) atoms. The van der Waals surface area contributed by atoms with Crippen LogP contribution in [0.15, 0.2) is 83.9 Å². The van der Waals surface area contributed by atoms with E-state index in [1.807, 2.05) is 37.0 Å². The minimum Gasteiger partial charge on any atom is -0.490 e. The normalized spacial score (nSPS) is 13.4. The molecule has 1 aliphatic heterocycles. The highest BCUT2D eigenvalue weighted by Crippen LogP contribution is 2.45. The van der Waals surface area contributed by atoms with Crippen molar-refractivity contribution in [3.63, 3.8) is 0 Å². The molecule has 1 unspecified atom stereocenters. The van der Waals surface area contributed by atoms with Crippen molar-refractivity contribution in [2.45, 2.75) is 63.9 Å². The van der Waals surface area contributed by atoms with Crippen LogP contribution in [0.25, 0.3) is 22.0 Å². The van der Waals surface area contributed by atoms with Gasteiger partial charge in [-0.3, -0.25) is 9.37 Å². The summed E-state index contributed by atoms with van der Waals surface area (Å²) in [5.41, 5.74) is 14.2. The summed E-state index contributed by atoms with van der Waals surface area (Å²) in [6.07, 6.45) is 7.04. The number of aromatic nitrogens is 1. The number of anilines is 1. The molecule has 0 saturated carbocycles. The number of thioether (sulfide) groups is 1. The molecular formula is C34H39FN2OS. The highest BCUT2D eigenvalue weighted by atomic mass is 32.2. The van der Waals surface area contributed by atoms with Gasteiger partial charge >= 0.3 is 0 Å². The maximum Gasteiger partial charge on any atom is 0.119 e. The third kappa shape index (κ3) is 7.21. The van der Waals surface area contributed by atoms with E-state index in [0.717, 1.165) is 60.2 Å². The van der Waals surface area contributed by atoms with Crippen molar-refractivity contribution < 1.29 is 9.13 Å². The number of unbranched alkanes of at least 4 members (excludes halogenated alkanes) is 1. The van der Waals surface area contributed by atoms with Crippen LogP contribution in [0.5, 0.6) is 5.75 Å². The molecule has 2 heterocycles. The minimum absolute atomic E-state index is 0.156. The molecule has 0 aliphatic carbocycles. The van der Waals surface area contributed by atoms with Gasteiger partial charge in [-0.2, -0.15) is 0 Å². The predicted molar refractivity (Wildman–Crippen MR) is 166 cm³/mol. The lowest BCUT2D eigenvalue weighted by molar-refractivity contribution is 0.186. The zero-order chi connectivity index (χ0) is 27.6. The van der Waals surface area contributed by atoms with Crippen LogP contribution in [0, 0.1) is 0 Å². The first kappa shape index (κ1) is 28.7. The lowest BCUT2D eigenvalue weighted by atomic mass is 9.89. The van der Waals surface area contributed by atoms with Gasteiger partial charge in [-0.05, 0) is 89.6 Å². The Balaban J connectivity index is 0.000000648. The Morgan fingerprint density at radius 2 is 1.74 bits per heavy atom. The first-order valence-electron chi connectivity index (χ1n) is 14.0. The lowest BCUT2D eigenvalue weighted by Gasteiger charge is -2.25. The summed E-state index contributed by atoms with van der Waals surface area (Å²) < 4.78 is 17.2. The summed E-state index contributed by atoms with van der Waals surface area (Å²) in [7, 11) is 0. The number of benzene rings is 3. The second-order valence-corrected chi connectivity index (χ2v) is 10.8. The number of nitrogen functional groups attached to an aromatic ring is 1. The van der Waals surface area contributed by atoms with Gasteiger partial charge in [-0.1, -0.05) is 63.9 Å². The molecule has 0 amide bonds. The second kappa shape index (κ2) is 14.2. The third-order valence-corrected chi connectivity index (χ3v) is 7.98. The van der Waals surface area contributed by atoms with Crippen LogP contribution in [-0.4, -0.2) is 23.5 Å². The van der Waals surface area contributed by atoms with E-state index in [9.17, 15) is 4.39 Å². The van der Waals surface area contributed by atoms with E-state index >= 15 is 0 Å². The van der Waals surface area contributed by atoms with Crippen LogP contribution in [0.2, 0.25) is 0 Å². The molecule has 5 rings (SSSR count). The zero-order valence-corrected chi connectivity index (χ0v) is 24.1. The van der Waals surface area contributed by atoms with E-state index in [4.69, 9.17) is 10.5 Å². The van der Waals surface area contributed by atoms with E-state index in [0.29, 0.717) is 0 Å². The summed E-state index contributed by atoms with van der Waals surface area (Å²) in [6, 6.07) is 25.6. The number of rotatable bonds is 9. The first-order chi connectivity index (χ1) is 19.1. The number of ether oxygens (including phenoxy) is 1. The molecule has 1 aliphatic rings. The molecule has 1 aromatic heterocycles. The molecule has 1 atom stereocenters. The summed E-state index contributed by atoms with van der Waals surface area (Å²) in [6.45, 7) is 6.21. The highest BCUT2D eigenvalue weighted by Gasteiger charge is 2.23. The molecule has 2 N–H and O–H groups in total. The van der Waals surface area contributed by atoms with Crippen LogP contribution in [0.1, 0.15) is 69.6 Å². The average molecular weight is 543 g/mol. The van der Waals surface area contributed by atoms with Gasteiger partial charge in [0.1, 0.15) is 5.75 Å². The van der Waals surface area contributed by atoms with E-state index in [1.54, 1.807) is 0 Å². The molecule has 4 aromatic rings. The maximum absolute atomic E-state index is 11.0. The quantitative estimate of drug-likeness (QED) is 0.214. The number of hydrogen-bond donors (Lipinski definition) is 1. The molecular weight excluding hydrogens is 503 g/mol. The molecule has 3 nitrogen and oxygen atoms in total. The van der Waals surface area contributed by atoms with Crippen molar-refractivity contribution in [1.29, 1.82) is 0 Å². The summed E-state index contributed by atoms with van der Waals surface area (Å²) in [5, 5.41) is 1.16. The maximum atomic E-state index is 11.0. The smallest absolute Gasteiger partial charge is 0.119 e. The molecule has 5 heteroatoms. The van der Waals surface area contributed by atoms with Crippen LogP contribution in [0.4, 0.5) is 10.1 Å². The Morgan fingerprint density at radius 3 is 2.44 bits per heavy atom. The van der Waals surface area contributed by atoms with Crippen molar-refractivity contribution in [3.8, 4) is 5.75 Å². The van der Waals surface area contributed by atoms with Gasteiger partial charge in [0, 0.05) is 27.9 Å². The Bertz CT molecular complexity index is 1400. The number of fused-ring (bicyclic) bond motifs is 2.